The maximum Gasteiger partial charge on any atom is 0.187 e. The van der Waals surface area contributed by atoms with Crippen molar-refractivity contribution in [2.75, 3.05) is 12.8 Å². The second-order valence-electron chi connectivity index (χ2n) is 4.45. The van der Waals surface area contributed by atoms with E-state index in [9.17, 15) is 0 Å². The van der Waals surface area contributed by atoms with Crippen molar-refractivity contribution in [1.29, 1.82) is 0 Å². The Kier molecular flexibility index (Phi) is 2.95. The topological polar surface area (TPSA) is 73.9 Å². The minimum Gasteiger partial charge on any atom is -0.491 e. The Hall–Kier alpha value is -2.69. The number of aryl methyl sites for hydroxylation is 1. The number of nitrogens with two attached hydrogens (primary N) is 1. The molecular formula is C15H14N4O. The van der Waals surface area contributed by atoms with Crippen LogP contribution in [0.4, 0.5) is 5.82 Å². The molecule has 0 aliphatic carbocycles. The number of ether oxygens (including phenoxy) is 1. The zero-order valence-corrected chi connectivity index (χ0v) is 11.3. The number of pyridine rings is 1. The van der Waals surface area contributed by atoms with Gasteiger partial charge in [0.05, 0.1) is 12.6 Å². The number of methoxy groups -OCH3 is 1. The maximum atomic E-state index is 5.89. The predicted octanol–water partition coefficient (Wildman–Crippen LogP) is 2.59. The van der Waals surface area contributed by atoms with Crippen LogP contribution in [-0.4, -0.2) is 22.1 Å². The van der Waals surface area contributed by atoms with Gasteiger partial charge in [-0.3, -0.25) is 4.98 Å². The molecule has 2 heterocycles. The van der Waals surface area contributed by atoms with Crippen LogP contribution < -0.4 is 10.5 Å². The van der Waals surface area contributed by atoms with Crippen LogP contribution in [0.15, 0.2) is 36.5 Å². The second kappa shape index (κ2) is 4.77. The van der Waals surface area contributed by atoms with E-state index in [1.807, 2.05) is 30.3 Å². The number of nitrogens with zero attached hydrogens (tertiary/aromatic N) is 3. The molecule has 0 aliphatic rings. The summed E-state index contributed by atoms with van der Waals surface area (Å²) >= 11 is 0. The fourth-order valence-corrected chi connectivity index (χ4v) is 2.19. The first kappa shape index (κ1) is 12.3. The van der Waals surface area contributed by atoms with Gasteiger partial charge >= 0.3 is 0 Å². The summed E-state index contributed by atoms with van der Waals surface area (Å²) in [5.74, 6) is 1.45. The van der Waals surface area contributed by atoms with Crippen molar-refractivity contribution in [3.05, 3.63) is 42.4 Å². The third-order valence-corrected chi connectivity index (χ3v) is 3.09. The molecule has 3 rings (SSSR count). The molecule has 1 aromatic carbocycles. The lowest BCUT2D eigenvalue weighted by Gasteiger charge is -2.11. The molecule has 0 fully saturated rings. The largest absolute Gasteiger partial charge is 0.491 e. The molecule has 20 heavy (non-hydrogen) atoms. The van der Waals surface area contributed by atoms with E-state index in [-0.39, 0.29) is 0 Å². The summed E-state index contributed by atoms with van der Waals surface area (Å²) in [6.07, 6.45) is 1.77. The highest BCUT2D eigenvalue weighted by atomic mass is 16.5. The smallest absolute Gasteiger partial charge is 0.187 e. The van der Waals surface area contributed by atoms with Crippen molar-refractivity contribution in [2.24, 2.45) is 0 Å². The van der Waals surface area contributed by atoms with Gasteiger partial charge in [-0.15, -0.1) is 0 Å². The number of anilines is 1. The molecule has 0 saturated heterocycles. The van der Waals surface area contributed by atoms with Gasteiger partial charge in [-0.2, -0.15) is 0 Å². The van der Waals surface area contributed by atoms with Gasteiger partial charge < -0.3 is 10.5 Å². The number of nitrogen functional groups attached to an aromatic ring is 1. The third-order valence-electron chi connectivity index (χ3n) is 3.09. The van der Waals surface area contributed by atoms with E-state index in [4.69, 9.17) is 10.5 Å². The molecular weight excluding hydrogens is 252 g/mol. The van der Waals surface area contributed by atoms with Crippen molar-refractivity contribution in [2.45, 2.75) is 6.92 Å². The quantitative estimate of drug-likeness (QED) is 0.771. The van der Waals surface area contributed by atoms with Gasteiger partial charge in [-0.1, -0.05) is 18.2 Å². The van der Waals surface area contributed by atoms with Crippen LogP contribution in [-0.2, 0) is 0 Å². The molecule has 2 N–H and O–H groups in total. The lowest BCUT2D eigenvalue weighted by Crippen LogP contribution is -2.02. The van der Waals surface area contributed by atoms with Crippen molar-refractivity contribution in [3.8, 4) is 17.0 Å². The highest BCUT2D eigenvalue weighted by Gasteiger charge is 2.14. The zero-order valence-electron chi connectivity index (χ0n) is 11.3. The Labute approximate surface area is 116 Å². The molecule has 0 radical (unpaired) electrons. The zero-order chi connectivity index (χ0) is 14.1. The normalized spacial score (nSPS) is 10.7. The molecule has 0 spiro atoms. The number of hydrogen-bond acceptors (Lipinski definition) is 5. The fourth-order valence-electron chi connectivity index (χ4n) is 2.19. The Morgan fingerprint density at radius 2 is 2.00 bits per heavy atom. The molecule has 5 nitrogen and oxygen atoms in total. The van der Waals surface area contributed by atoms with Crippen LogP contribution in [0, 0.1) is 6.92 Å². The molecule has 100 valence electrons. The van der Waals surface area contributed by atoms with E-state index in [2.05, 4.69) is 15.0 Å². The van der Waals surface area contributed by atoms with E-state index in [0.29, 0.717) is 23.1 Å². The van der Waals surface area contributed by atoms with Gasteiger partial charge in [0, 0.05) is 17.1 Å². The Balaban J connectivity index is 2.24. The summed E-state index contributed by atoms with van der Waals surface area (Å²) < 4.78 is 5.33. The van der Waals surface area contributed by atoms with Gasteiger partial charge in [0.15, 0.2) is 11.6 Å². The number of fused-ring (bicyclic) bond motifs is 1. The van der Waals surface area contributed by atoms with E-state index in [0.717, 1.165) is 16.5 Å². The summed E-state index contributed by atoms with van der Waals surface area (Å²) in [5, 5.41) is 1.08. The van der Waals surface area contributed by atoms with Crippen LogP contribution in [0.1, 0.15) is 5.82 Å². The van der Waals surface area contributed by atoms with Crippen LogP contribution in [0.25, 0.3) is 22.2 Å². The molecule has 5 heteroatoms. The SMILES string of the molecule is COc1c(N)nc(C)nc1-c1ccc2cccnc2c1. The molecule has 0 saturated carbocycles. The lowest BCUT2D eigenvalue weighted by molar-refractivity contribution is 0.415. The molecule has 0 aliphatic heterocycles. The van der Waals surface area contributed by atoms with Gasteiger partial charge in [0.25, 0.3) is 0 Å². The van der Waals surface area contributed by atoms with Gasteiger partial charge in [-0.05, 0) is 19.1 Å². The number of benzene rings is 1. The monoisotopic (exact) mass is 266 g/mol. The minimum atomic E-state index is 0.344. The number of rotatable bonds is 2. The van der Waals surface area contributed by atoms with E-state index < -0.39 is 0 Å². The number of hydrogen-bond donors (Lipinski definition) is 1. The Morgan fingerprint density at radius 1 is 1.15 bits per heavy atom. The fraction of sp³-hybridized carbons (Fsp3) is 0.133. The Morgan fingerprint density at radius 3 is 2.80 bits per heavy atom. The van der Waals surface area contributed by atoms with E-state index in [1.165, 1.54) is 0 Å². The average molecular weight is 266 g/mol. The second-order valence-corrected chi connectivity index (χ2v) is 4.45. The molecule has 2 aromatic heterocycles. The Bertz CT molecular complexity index is 786. The van der Waals surface area contributed by atoms with Crippen LogP contribution in [0.5, 0.6) is 5.75 Å². The highest BCUT2D eigenvalue weighted by Crippen LogP contribution is 2.33. The van der Waals surface area contributed by atoms with Gasteiger partial charge in [0.1, 0.15) is 11.5 Å². The number of aromatic nitrogens is 3. The molecule has 0 atom stereocenters. The lowest BCUT2D eigenvalue weighted by atomic mass is 10.1. The molecule has 0 bridgehead atoms. The first-order valence-electron chi connectivity index (χ1n) is 6.22. The highest BCUT2D eigenvalue weighted by molar-refractivity contribution is 5.85. The minimum absolute atomic E-state index is 0.344. The third kappa shape index (κ3) is 2.03. The van der Waals surface area contributed by atoms with Gasteiger partial charge in [-0.25, -0.2) is 9.97 Å². The predicted molar refractivity (Wildman–Crippen MR) is 78.5 cm³/mol. The molecule has 0 amide bonds. The summed E-state index contributed by atoms with van der Waals surface area (Å²) in [4.78, 5) is 12.9. The standard InChI is InChI=1S/C15H14N4O/c1-9-18-13(14(20-2)15(16)19-9)11-6-5-10-4-3-7-17-12(10)8-11/h3-8H,1-2H3,(H2,16,18,19). The van der Waals surface area contributed by atoms with E-state index >= 15 is 0 Å². The van der Waals surface area contributed by atoms with Gasteiger partial charge in [0.2, 0.25) is 0 Å². The molecule has 3 aromatic rings. The molecule has 0 unspecified atom stereocenters. The van der Waals surface area contributed by atoms with Crippen LogP contribution in [0.3, 0.4) is 0 Å². The van der Waals surface area contributed by atoms with Crippen LogP contribution >= 0.6 is 0 Å². The van der Waals surface area contributed by atoms with Crippen LogP contribution in [0.2, 0.25) is 0 Å². The summed E-state index contributed by atoms with van der Waals surface area (Å²) in [5.41, 5.74) is 8.39. The first-order valence-corrected chi connectivity index (χ1v) is 6.22. The van der Waals surface area contributed by atoms with E-state index in [1.54, 1.807) is 20.2 Å². The summed E-state index contributed by atoms with van der Waals surface area (Å²) in [6.45, 7) is 1.80. The van der Waals surface area contributed by atoms with Crippen molar-refractivity contribution < 1.29 is 4.74 Å². The summed E-state index contributed by atoms with van der Waals surface area (Å²) in [6, 6.07) is 9.88. The van der Waals surface area contributed by atoms with Crippen molar-refractivity contribution in [3.63, 3.8) is 0 Å². The average Bonchev–Trinajstić information content (AvgIpc) is 2.46. The summed E-state index contributed by atoms with van der Waals surface area (Å²) in [7, 11) is 1.56. The first-order chi connectivity index (χ1) is 9.69. The van der Waals surface area contributed by atoms with Crippen molar-refractivity contribution >= 4 is 16.7 Å². The van der Waals surface area contributed by atoms with Crippen molar-refractivity contribution in [1.82, 2.24) is 15.0 Å². The maximum absolute atomic E-state index is 5.89.